The SMILES string of the molecule is CC.COC1(CO)CCN(c2ccc(N)nc2)CC1. The van der Waals surface area contributed by atoms with E-state index in [1.165, 1.54) is 0 Å². The van der Waals surface area contributed by atoms with Crippen LogP contribution in [0.25, 0.3) is 0 Å². The Morgan fingerprint density at radius 3 is 2.42 bits per heavy atom. The second-order valence-electron chi connectivity index (χ2n) is 4.47. The first-order valence-electron chi connectivity index (χ1n) is 6.82. The average Bonchev–Trinajstić information content (AvgIpc) is 2.50. The number of ether oxygens (including phenoxy) is 1. The maximum absolute atomic E-state index is 9.36. The molecule has 0 unspecified atom stereocenters. The van der Waals surface area contributed by atoms with Crippen LogP contribution in [0.1, 0.15) is 26.7 Å². The molecule has 0 amide bonds. The summed E-state index contributed by atoms with van der Waals surface area (Å²) in [4.78, 5) is 6.32. The van der Waals surface area contributed by atoms with Crippen LogP contribution in [0.3, 0.4) is 0 Å². The van der Waals surface area contributed by atoms with Crippen molar-refractivity contribution in [2.24, 2.45) is 0 Å². The van der Waals surface area contributed by atoms with Crippen molar-refractivity contribution in [3.8, 4) is 0 Å². The maximum Gasteiger partial charge on any atom is 0.123 e. The van der Waals surface area contributed by atoms with Gasteiger partial charge in [-0.1, -0.05) is 13.8 Å². The van der Waals surface area contributed by atoms with Gasteiger partial charge in [0.25, 0.3) is 0 Å². The van der Waals surface area contributed by atoms with E-state index in [0.29, 0.717) is 5.82 Å². The number of methoxy groups -OCH3 is 1. The molecule has 19 heavy (non-hydrogen) atoms. The maximum atomic E-state index is 9.36. The van der Waals surface area contributed by atoms with Crippen molar-refractivity contribution in [2.75, 3.05) is 37.4 Å². The summed E-state index contributed by atoms with van der Waals surface area (Å²) in [5.74, 6) is 0.535. The molecule has 0 saturated carbocycles. The molecular formula is C14H25N3O2. The molecule has 0 aromatic carbocycles. The largest absolute Gasteiger partial charge is 0.393 e. The molecule has 5 heteroatoms. The number of nitrogens with two attached hydrogens (primary N) is 1. The van der Waals surface area contributed by atoms with Gasteiger partial charge >= 0.3 is 0 Å². The van der Waals surface area contributed by atoms with E-state index in [1.54, 1.807) is 19.4 Å². The number of anilines is 2. The summed E-state index contributed by atoms with van der Waals surface area (Å²) in [7, 11) is 1.66. The van der Waals surface area contributed by atoms with Gasteiger partial charge in [0.2, 0.25) is 0 Å². The zero-order valence-electron chi connectivity index (χ0n) is 12.1. The van der Waals surface area contributed by atoms with Crippen molar-refractivity contribution in [3.63, 3.8) is 0 Å². The van der Waals surface area contributed by atoms with E-state index in [-0.39, 0.29) is 12.2 Å². The predicted molar refractivity (Wildman–Crippen MR) is 78.3 cm³/mol. The van der Waals surface area contributed by atoms with Crippen molar-refractivity contribution in [3.05, 3.63) is 18.3 Å². The van der Waals surface area contributed by atoms with Crippen LogP contribution in [-0.2, 0) is 4.74 Å². The number of piperidine rings is 1. The Balaban J connectivity index is 0.000000861. The van der Waals surface area contributed by atoms with Gasteiger partial charge in [0.1, 0.15) is 5.82 Å². The van der Waals surface area contributed by atoms with Crippen molar-refractivity contribution >= 4 is 11.5 Å². The minimum Gasteiger partial charge on any atom is -0.393 e. The number of rotatable bonds is 3. The van der Waals surface area contributed by atoms with Crippen LogP contribution in [0, 0.1) is 0 Å². The molecule has 2 heterocycles. The van der Waals surface area contributed by atoms with Crippen LogP contribution in [0.15, 0.2) is 18.3 Å². The fourth-order valence-electron chi connectivity index (χ4n) is 2.18. The normalized spacial score (nSPS) is 17.6. The zero-order chi connectivity index (χ0) is 14.3. The lowest BCUT2D eigenvalue weighted by molar-refractivity contribution is -0.0672. The average molecular weight is 267 g/mol. The van der Waals surface area contributed by atoms with E-state index in [4.69, 9.17) is 10.5 Å². The lowest BCUT2D eigenvalue weighted by atomic mass is 9.92. The monoisotopic (exact) mass is 267 g/mol. The van der Waals surface area contributed by atoms with Gasteiger partial charge in [0.15, 0.2) is 0 Å². The Morgan fingerprint density at radius 2 is 2.00 bits per heavy atom. The predicted octanol–water partition coefficient (Wildman–Crippen LogP) is 1.67. The van der Waals surface area contributed by atoms with Crippen LogP contribution >= 0.6 is 0 Å². The van der Waals surface area contributed by atoms with Crippen LogP contribution < -0.4 is 10.6 Å². The molecule has 2 rings (SSSR count). The summed E-state index contributed by atoms with van der Waals surface area (Å²) in [6, 6.07) is 3.78. The van der Waals surface area contributed by atoms with E-state index in [1.807, 2.05) is 19.9 Å². The number of hydrogen-bond acceptors (Lipinski definition) is 5. The highest BCUT2D eigenvalue weighted by Crippen LogP contribution is 2.28. The molecule has 0 spiro atoms. The number of aromatic nitrogens is 1. The van der Waals surface area contributed by atoms with Crippen molar-refractivity contribution < 1.29 is 9.84 Å². The third kappa shape index (κ3) is 3.81. The van der Waals surface area contributed by atoms with Gasteiger partial charge in [0, 0.05) is 20.2 Å². The Morgan fingerprint density at radius 1 is 1.37 bits per heavy atom. The third-order valence-corrected chi connectivity index (χ3v) is 3.53. The first kappa shape index (κ1) is 15.7. The molecule has 1 aliphatic heterocycles. The molecule has 3 N–H and O–H groups in total. The Hall–Kier alpha value is -1.33. The Labute approximate surface area is 115 Å². The molecule has 1 aliphatic rings. The van der Waals surface area contributed by atoms with Crippen molar-refractivity contribution in [1.82, 2.24) is 4.98 Å². The van der Waals surface area contributed by atoms with E-state index < -0.39 is 0 Å². The van der Waals surface area contributed by atoms with E-state index in [2.05, 4.69) is 9.88 Å². The molecule has 0 aliphatic carbocycles. The number of pyridine rings is 1. The highest BCUT2D eigenvalue weighted by molar-refractivity contribution is 5.48. The molecule has 0 radical (unpaired) electrons. The zero-order valence-corrected chi connectivity index (χ0v) is 12.1. The minimum absolute atomic E-state index is 0.0807. The summed E-state index contributed by atoms with van der Waals surface area (Å²) < 4.78 is 5.42. The topological polar surface area (TPSA) is 71.6 Å². The highest BCUT2D eigenvalue weighted by Gasteiger charge is 2.33. The summed E-state index contributed by atoms with van der Waals surface area (Å²) in [6.07, 6.45) is 3.43. The Bertz CT molecular complexity index is 353. The second kappa shape index (κ2) is 7.31. The molecule has 5 nitrogen and oxygen atoms in total. The molecule has 0 atom stereocenters. The van der Waals surface area contributed by atoms with E-state index >= 15 is 0 Å². The van der Waals surface area contributed by atoms with Gasteiger partial charge in [-0.2, -0.15) is 0 Å². The quantitative estimate of drug-likeness (QED) is 0.871. The van der Waals surface area contributed by atoms with Crippen molar-refractivity contribution in [1.29, 1.82) is 0 Å². The summed E-state index contributed by atoms with van der Waals surface area (Å²) in [5.41, 5.74) is 6.27. The fraction of sp³-hybridized carbons (Fsp3) is 0.643. The Kier molecular flexibility index (Phi) is 6.05. The van der Waals surface area contributed by atoms with Gasteiger partial charge in [-0.25, -0.2) is 4.98 Å². The second-order valence-corrected chi connectivity index (χ2v) is 4.47. The molecule has 1 aromatic heterocycles. The first-order valence-corrected chi connectivity index (χ1v) is 6.82. The van der Waals surface area contributed by atoms with Gasteiger partial charge in [-0.15, -0.1) is 0 Å². The van der Waals surface area contributed by atoms with Crippen LogP contribution in [0.4, 0.5) is 11.5 Å². The smallest absolute Gasteiger partial charge is 0.123 e. The third-order valence-electron chi connectivity index (χ3n) is 3.53. The summed E-state index contributed by atoms with van der Waals surface area (Å²) in [6.45, 7) is 5.80. The first-order chi connectivity index (χ1) is 9.19. The number of nitrogens with zero attached hydrogens (tertiary/aromatic N) is 2. The molecule has 108 valence electrons. The van der Waals surface area contributed by atoms with Gasteiger partial charge in [0.05, 0.1) is 24.1 Å². The molecule has 1 aromatic rings. The lowest BCUT2D eigenvalue weighted by Gasteiger charge is -2.40. The standard InChI is InChI=1S/C12H19N3O2.C2H6/c1-17-12(9-16)4-6-15(7-5-12)10-2-3-11(13)14-8-10;1-2/h2-3,8,16H,4-7,9H2,1H3,(H2,13,14);1-2H3. The molecular weight excluding hydrogens is 242 g/mol. The van der Waals surface area contributed by atoms with Gasteiger partial charge in [-0.05, 0) is 25.0 Å². The van der Waals surface area contributed by atoms with Crippen LogP contribution in [0.2, 0.25) is 0 Å². The fourth-order valence-corrected chi connectivity index (χ4v) is 2.18. The van der Waals surface area contributed by atoms with E-state index in [0.717, 1.165) is 31.6 Å². The number of nitrogen functional groups attached to an aromatic ring is 1. The van der Waals surface area contributed by atoms with Crippen LogP contribution in [0.5, 0.6) is 0 Å². The summed E-state index contributed by atoms with van der Waals surface area (Å²) in [5, 5.41) is 9.36. The van der Waals surface area contributed by atoms with E-state index in [9.17, 15) is 5.11 Å². The lowest BCUT2D eigenvalue weighted by Crippen LogP contribution is -2.48. The highest BCUT2D eigenvalue weighted by atomic mass is 16.5. The van der Waals surface area contributed by atoms with Gasteiger partial charge < -0.3 is 20.5 Å². The number of aliphatic hydroxyl groups excluding tert-OH is 1. The molecule has 0 bridgehead atoms. The van der Waals surface area contributed by atoms with Crippen molar-refractivity contribution in [2.45, 2.75) is 32.3 Å². The molecule has 1 saturated heterocycles. The molecule has 1 fully saturated rings. The minimum atomic E-state index is -0.363. The number of aliphatic hydroxyl groups is 1. The van der Waals surface area contributed by atoms with Crippen LogP contribution in [-0.4, -0.2) is 42.5 Å². The van der Waals surface area contributed by atoms with Gasteiger partial charge in [-0.3, -0.25) is 0 Å². The number of hydrogen-bond donors (Lipinski definition) is 2. The summed E-state index contributed by atoms with van der Waals surface area (Å²) >= 11 is 0.